The minimum atomic E-state index is -4.03. The standard InChI is InChI=1S/C15H29F3N2/c1-5-12(3)13-10-19-14(4,6-2)11-20(13)9-7-8-15(16,17)18/h12-13,19H,5-11H2,1-4H3. The highest BCUT2D eigenvalue weighted by molar-refractivity contribution is 4.95. The van der Waals surface area contributed by atoms with E-state index < -0.39 is 12.6 Å². The fraction of sp³-hybridized carbons (Fsp3) is 1.00. The Labute approximate surface area is 121 Å². The number of alkyl halides is 3. The molecule has 0 aliphatic carbocycles. The third-order valence-corrected chi connectivity index (χ3v) is 4.75. The average Bonchev–Trinajstić information content (AvgIpc) is 2.37. The van der Waals surface area contributed by atoms with Gasteiger partial charge in [0.1, 0.15) is 0 Å². The van der Waals surface area contributed by atoms with Crippen molar-refractivity contribution in [1.82, 2.24) is 10.2 Å². The Morgan fingerprint density at radius 2 is 2.00 bits per heavy atom. The Bertz CT molecular complexity index is 293. The Kier molecular flexibility index (Phi) is 6.32. The molecule has 0 bridgehead atoms. The lowest BCUT2D eigenvalue weighted by Crippen LogP contribution is -2.64. The summed E-state index contributed by atoms with van der Waals surface area (Å²) in [6.07, 6.45) is -2.45. The summed E-state index contributed by atoms with van der Waals surface area (Å²) >= 11 is 0. The monoisotopic (exact) mass is 294 g/mol. The van der Waals surface area contributed by atoms with Crippen molar-refractivity contribution in [1.29, 1.82) is 0 Å². The molecule has 3 unspecified atom stereocenters. The Balaban J connectivity index is 2.62. The molecular weight excluding hydrogens is 265 g/mol. The van der Waals surface area contributed by atoms with Gasteiger partial charge in [0, 0.05) is 31.1 Å². The molecule has 1 heterocycles. The summed E-state index contributed by atoms with van der Waals surface area (Å²) in [6.45, 7) is 10.9. The summed E-state index contributed by atoms with van der Waals surface area (Å²) in [5, 5.41) is 3.58. The lowest BCUT2D eigenvalue weighted by molar-refractivity contribution is -0.136. The van der Waals surface area contributed by atoms with Crippen LogP contribution in [-0.4, -0.2) is 42.3 Å². The van der Waals surface area contributed by atoms with Gasteiger partial charge in [-0.05, 0) is 32.2 Å². The van der Waals surface area contributed by atoms with E-state index in [1.54, 1.807) is 0 Å². The molecule has 1 rings (SSSR count). The van der Waals surface area contributed by atoms with Crippen molar-refractivity contribution >= 4 is 0 Å². The maximum atomic E-state index is 12.3. The minimum Gasteiger partial charge on any atom is -0.309 e. The van der Waals surface area contributed by atoms with Crippen molar-refractivity contribution in [3.05, 3.63) is 0 Å². The summed E-state index contributed by atoms with van der Waals surface area (Å²) in [6, 6.07) is 0.354. The molecule has 2 nitrogen and oxygen atoms in total. The summed E-state index contributed by atoms with van der Waals surface area (Å²) in [5.74, 6) is 0.509. The second-order valence-corrected chi connectivity index (χ2v) is 6.44. The first-order valence-electron chi connectivity index (χ1n) is 7.76. The quantitative estimate of drug-likeness (QED) is 0.801. The Morgan fingerprint density at radius 1 is 1.35 bits per heavy atom. The Hall–Kier alpha value is -0.290. The van der Waals surface area contributed by atoms with Crippen LogP contribution in [0.3, 0.4) is 0 Å². The van der Waals surface area contributed by atoms with Gasteiger partial charge in [0.25, 0.3) is 0 Å². The van der Waals surface area contributed by atoms with E-state index in [9.17, 15) is 13.2 Å². The van der Waals surface area contributed by atoms with Gasteiger partial charge in [0.05, 0.1) is 0 Å². The van der Waals surface area contributed by atoms with Crippen LogP contribution in [0.25, 0.3) is 0 Å². The molecule has 0 aromatic heterocycles. The zero-order valence-corrected chi connectivity index (χ0v) is 13.2. The van der Waals surface area contributed by atoms with Crippen molar-refractivity contribution < 1.29 is 13.2 Å². The van der Waals surface area contributed by atoms with Crippen molar-refractivity contribution in [2.45, 2.75) is 71.1 Å². The van der Waals surface area contributed by atoms with Crippen LogP contribution in [0.5, 0.6) is 0 Å². The van der Waals surface area contributed by atoms with E-state index in [1.165, 1.54) is 0 Å². The van der Waals surface area contributed by atoms with Gasteiger partial charge < -0.3 is 5.32 Å². The molecule has 5 heteroatoms. The molecule has 1 fully saturated rings. The van der Waals surface area contributed by atoms with Gasteiger partial charge in [-0.2, -0.15) is 13.2 Å². The van der Waals surface area contributed by atoms with Crippen LogP contribution < -0.4 is 5.32 Å². The molecule has 1 saturated heterocycles. The first kappa shape index (κ1) is 17.8. The summed E-state index contributed by atoms with van der Waals surface area (Å²) < 4.78 is 37.0. The molecule has 120 valence electrons. The number of hydrogen-bond donors (Lipinski definition) is 1. The first-order chi connectivity index (χ1) is 9.21. The van der Waals surface area contributed by atoms with Crippen LogP contribution >= 0.6 is 0 Å². The molecule has 0 amide bonds. The van der Waals surface area contributed by atoms with Gasteiger partial charge in [0.15, 0.2) is 0 Å². The molecule has 0 aromatic carbocycles. The highest BCUT2D eigenvalue weighted by Gasteiger charge is 2.36. The van der Waals surface area contributed by atoms with Gasteiger partial charge in [0.2, 0.25) is 0 Å². The molecule has 0 radical (unpaired) electrons. The summed E-state index contributed by atoms with van der Waals surface area (Å²) in [4.78, 5) is 2.28. The molecule has 0 spiro atoms. The minimum absolute atomic E-state index is 0.0300. The normalized spacial score (nSPS) is 30.4. The van der Waals surface area contributed by atoms with Crippen molar-refractivity contribution in [3.63, 3.8) is 0 Å². The molecular formula is C15H29F3N2. The zero-order chi connectivity index (χ0) is 15.4. The summed E-state index contributed by atoms with van der Waals surface area (Å²) in [7, 11) is 0. The maximum Gasteiger partial charge on any atom is 0.389 e. The van der Waals surface area contributed by atoms with Crippen LogP contribution in [0.4, 0.5) is 13.2 Å². The number of piperazine rings is 1. The van der Waals surface area contributed by atoms with Gasteiger partial charge in [-0.1, -0.05) is 27.2 Å². The molecule has 1 aliphatic heterocycles. The van der Waals surface area contributed by atoms with E-state index in [-0.39, 0.29) is 12.0 Å². The molecule has 0 aromatic rings. The van der Waals surface area contributed by atoms with E-state index in [2.05, 4.69) is 37.9 Å². The summed E-state index contributed by atoms with van der Waals surface area (Å²) in [5.41, 5.74) is 0.0300. The van der Waals surface area contributed by atoms with Gasteiger partial charge in [-0.25, -0.2) is 0 Å². The van der Waals surface area contributed by atoms with Crippen LogP contribution in [0.2, 0.25) is 0 Å². The topological polar surface area (TPSA) is 15.3 Å². The van der Waals surface area contributed by atoms with Crippen LogP contribution in [0.15, 0.2) is 0 Å². The van der Waals surface area contributed by atoms with Crippen LogP contribution in [-0.2, 0) is 0 Å². The average molecular weight is 294 g/mol. The van der Waals surface area contributed by atoms with E-state index in [1.807, 2.05) is 0 Å². The van der Waals surface area contributed by atoms with Crippen molar-refractivity contribution in [2.24, 2.45) is 5.92 Å². The number of nitrogens with zero attached hydrogens (tertiary/aromatic N) is 1. The second-order valence-electron chi connectivity index (χ2n) is 6.44. The van der Waals surface area contributed by atoms with E-state index in [0.29, 0.717) is 18.5 Å². The largest absolute Gasteiger partial charge is 0.389 e. The smallest absolute Gasteiger partial charge is 0.309 e. The van der Waals surface area contributed by atoms with E-state index in [4.69, 9.17) is 0 Å². The first-order valence-corrected chi connectivity index (χ1v) is 7.76. The highest BCUT2D eigenvalue weighted by Crippen LogP contribution is 2.26. The van der Waals surface area contributed by atoms with E-state index in [0.717, 1.165) is 25.9 Å². The predicted molar refractivity (Wildman–Crippen MR) is 76.8 cm³/mol. The van der Waals surface area contributed by atoms with Crippen molar-refractivity contribution in [3.8, 4) is 0 Å². The molecule has 20 heavy (non-hydrogen) atoms. The van der Waals surface area contributed by atoms with Gasteiger partial charge >= 0.3 is 6.18 Å². The number of nitrogens with one attached hydrogen (secondary N) is 1. The van der Waals surface area contributed by atoms with Gasteiger partial charge in [-0.15, -0.1) is 0 Å². The fourth-order valence-corrected chi connectivity index (χ4v) is 2.90. The molecule has 1 aliphatic rings. The lowest BCUT2D eigenvalue weighted by atomic mass is 9.88. The highest BCUT2D eigenvalue weighted by atomic mass is 19.4. The van der Waals surface area contributed by atoms with Crippen LogP contribution in [0.1, 0.15) is 53.4 Å². The zero-order valence-electron chi connectivity index (χ0n) is 13.2. The number of hydrogen-bond acceptors (Lipinski definition) is 2. The third-order valence-electron chi connectivity index (χ3n) is 4.75. The van der Waals surface area contributed by atoms with Crippen LogP contribution in [0, 0.1) is 5.92 Å². The lowest BCUT2D eigenvalue weighted by Gasteiger charge is -2.48. The Morgan fingerprint density at radius 3 is 2.50 bits per heavy atom. The molecule has 0 saturated carbocycles. The number of halogens is 3. The van der Waals surface area contributed by atoms with Gasteiger partial charge in [-0.3, -0.25) is 4.90 Å². The van der Waals surface area contributed by atoms with Crippen molar-refractivity contribution in [2.75, 3.05) is 19.6 Å². The SMILES string of the molecule is CCC(C)C1CNC(C)(CC)CN1CCCC(F)(F)F. The third kappa shape index (κ3) is 5.24. The second kappa shape index (κ2) is 7.12. The maximum absolute atomic E-state index is 12.3. The molecule has 1 N–H and O–H groups in total. The predicted octanol–water partition coefficient (Wildman–Crippen LogP) is 3.82. The number of rotatable bonds is 6. The van der Waals surface area contributed by atoms with E-state index >= 15 is 0 Å². The molecule has 3 atom stereocenters. The fourth-order valence-electron chi connectivity index (χ4n) is 2.90.